The van der Waals surface area contributed by atoms with Crippen LogP contribution in [0.4, 0.5) is 5.82 Å². The maximum absolute atomic E-state index is 13.2. The van der Waals surface area contributed by atoms with E-state index < -0.39 is 11.6 Å². The van der Waals surface area contributed by atoms with Crippen LogP contribution in [0.5, 0.6) is 0 Å². The molecule has 202 valence electrons. The third-order valence-corrected chi connectivity index (χ3v) is 7.75. The molecule has 11 heteroatoms. The molecule has 1 fully saturated rings. The van der Waals surface area contributed by atoms with Crippen LogP contribution >= 0.6 is 0 Å². The number of ketones is 1. The van der Waals surface area contributed by atoms with Gasteiger partial charge in [-0.2, -0.15) is 14.7 Å². The molecule has 1 saturated carbocycles. The molecular formula is C28H30N6O5. The Hall–Kier alpha value is -4.09. The van der Waals surface area contributed by atoms with E-state index in [-0.39, 0.29) is 18.3 Å². The number of carboxylic acid groups (broad SMARTS) is 1. The van der Waals surface area contributed by atoms with Gasteiger partial charge in [0.15, 0.2) is 17.0 Å². The molecule has 0 saturated heterocycles. The number of methoxy groups -OCH3 is 1. The van der Waals surface area contributed by atoms with Gasteiger partial charge < -0.3 is 19.9 Å². The van der Waals surface area contributed by atoms with Gasteiger partial charge in [0, 0.05) is 43.3 Å². The zero-order valence-corrected chi connectivity index (χ0v) is 21.7. The summed E-state index contributed by atoms with van der Waals surface area (Å²) in [6.45, 7) is 1.06. The second-order valence-corrected chi connectivity index (χ2v) is 10.0. The number of anilines is 1. The number of hydrogen-bond acceptors (Lipinski definition) is 8. The Balaban J connectivity index is 1.38. The van der Waals surface area contributed by atoms with Gasteiger partial charge in [-0.15, -0.1) is 0 Å². The summed E-state index contributed by atoms with van der Waals surface area (Å²) in [5.41, 5.74) is 3.23. The Morgan fingerprint density at radius 3 is 2.69 bits per heavy atom. The smallest absolute Gasteiger partial charge is 0.335 e. The topological polar surface area (TPSA) is 133 Å². The van der Waals surface area contributed by atoms with E-state index >= 15 is 0 Å². The third-order valence-electron chi connectivity index (χ3n) is 7.75. The highest BCUT2D eigenvalue weighted by atomic mass is 16.5. The van der Waals surface area contributed by atoms with Gasteiger partial charge in [-0.05, 0) is 37.8 Å². The minimum Gasteiger partial charge on any atom is -0.479 e. The number of carbonyl (C=O) groups is 2. The molecule has 0 spiro atoms. The lowest BCUT2D eigenvalue weighted by Gasteiger charge is -2.37. The molecule has 0 radical (unpaired) electrons. The SMILES string of the molecule is COCCO[C@]1(C(=O)O)CC[C@@H](c2nc3c(-c4cnn(-c5ccccc5)c4)cnn3c3c2C(=O)CCN3)CC1. The summed E-state index contributed by atoms with van der Waals surface area (Å²) < 4.78 is 14.4. The highest BCUT2D eigenvalue weighted by Gasteiger charge is 2.44. The molecule has 1 aliphatic heterocycles. The number of fused-ring (bicyclic) bond motifs is 3. The number of nitrogens with one attached hydrogen (secondary N) is 1. The van der Waals surface area contributed by atoms with E-state index in [1.807, 2.05) is 36.5 Å². The van der Waals surface area contributed by atoms with Gasteiger partial charge in [-0.1, -0.05) is 18.2 Å². The summed E-state index contributed by atoms with van der Waals surface area (Å²) in [5.74, 6) is -0.387. The maximum atomic E-state index is 13.2. The predicted molar refractivity (Wildman–Crippen MR) is 142 cm³/mol. The number of carbonyl (C=O) groups excluding carboxylic acids is 1. The fourth-order valence-corrected chi connectivity index (χ4v) is 5.65. The fourth-order valence-electron chi connectivity index (χ4n) is 5.65. The van der Waals surface area contributed by atoms with E-state index in [0.29, 0.717) is 68.0 Å². The fraction of sp³-hybridized carbons (Fsp3) is 0.393. The molecule has 2 aliphatic rings. The zero-order valence-electron chi connectivity index (χ0n) is 21.7. The molecule has 39 heavy (non-hydrogen) atoms. The molecule has 11 nitrogen and oxygen atoms in total. The molecule has 2 N–H and O–H groups in total. The molecule has 0 atom stereocenters. The van der Waals surface area contributed by atoms with Gasteiger partial charge in [-0.25, -0.2) is 14.5 Å². The molecule has 0 amide bonds. The van der Waals surface area contributed by atoms with Gasteiger partial charge in [0.2, 0.25) is 0 Å². The van der Waals surface area contributed by atoms with Crippen LogP contribution < -0.4 is 5.32 Å². The van der Waals surface area contributed by atoms with Crippen molar-refractivity contribution in [2.24, 2.45) is 0 Å². The monoisotopic (exact) mass is 530 g/mol. The molecule has 0 unspecified atom stereocenters. The van der Waals surface area contributed by atoms with E-state index in [4.69, 9.17) is 14.5 Å². The van der Waals surface area contributed by atoms with Crippen LogP contribution in [-0.2, 0) is 14.3 Å². The van der Waals surface area contributed by atoms with Crippen molar-refractivity contribution >= 4 is 23.2 Å². The number of nitrogens with zero attached hydrogens (tertiary/aromatic N) is 5. The van der Waals surface area contributed by atoms with Crippen LogP contribution in [-0.4, -0.2) is 73.7 Å². The summed E-state index contributed by atoms with van der Waals surface area (Å²) >= 11 is 0. The second kappa shape index (κ2) is 10.2. The van der Waals surface area contributed by atoms with Crippen molar-refractivity contribution in [2.75, 3.05) is 32.2 Å². The van der Waals surface area contributed by atoms with Gasteiger partial charge in [0.05, 0.1) is 42.6 Å². The first kappa shape index (κ1) is 25.2. The van der Waals surface area contributed by atoms with Crippen LogP contribution in [0.1, 0.15) is 54.1 Å². The van der Waals surface area contributed by atoms with Crippen molar-refractivity contribution in [1.29, 1.82) is 0 Å². The van der Waals surface area contributed by atoms with Crippen LogP contribution in [0.15, 0.2) is 48.9 Å². The van der Waals surface area contributed by atoms with E-state index in [9.17, 15) is 14.7 Å². The van der Waals surface area contributed by atoms with E-state index in [1.165, 1.54) is 0 Å². The maximum Gasteiger partial charge on any atom is 0.335 e. The van der Waals surface area contributed by atoms with Crippen LogP contribution in [0.2, 0.25) is 0 Å². The second-order valence-electron chi connectivity index (χ2n) is 10.0. The summed E-state index contributed by atoms with van der Waals surface area (Å²) in [4.78, 5) is 30.4. The van der Waals surface area contributed by atoms with Crippen LogP contribution in [0.3, 0.4) is 0 Å². The van der Waals surface area contributed by atoms with Gasteiger partial charge in [0.1, 0.15) is 5.82 Å². The molecule has 0 bridgehead atoms. The molecule has 1 aliphatic carbocycles. The number of Topliss-reactive ketones (excluding diaryl/α,β-unsaturated/α-hetero) is 1. The molecule has 4 heterocycles. The number of aromatic nitrogens is 5. The summed E-state index contributed by atoms with van der Waals surface area (Å²) in [6, 6.07) is 9.84. The quantitative estimate of drug-likeness (QED) is 0.327. The highest BCUT2D eigenvalue weighted by Crippen LogP contribution is 2.43. The average molecular weight is 531 g/mol. The zero-order chi connectivity index (χ0) is 27.0. The van der Waals surface area contributed by atoms with Gasteiger partial charge in [0.25, 0.3) is 0 Å². The number of benzene rings is 1. The van der Waals surface area contributed by atoms with Crippen molar-refractivity contribution in [3.63, 3.8) is 0 Å². The van der Waals surface area contributed by atoms with Crippen molar-refractivity contribution in [1.82, 2.24) is 24.4 Å². The van der Waals surface area contributed by atoms with Gasteiger partial charge >= 0.3 is 5.97 Å². The Morgan fingerprint density at radius 1 is 1.15 bits per heavy atom. The average Bonchev–Trinajstić information content (AvgIpc) is 3.61. The molecular weight excluding hydrogens is 500 g/mol. The number of para-hydroxylation sites is 1. The van der Waals surface area contributed by atoms with Crippen molar-refractivity contribution in [3.8, 4) is 16.8 Å². The summed E-state index contributed by atoms with van der Waals surface area (Å²) in [5, 5.41) is 22.5. The van der Waals surface area contributed by atoms with E-state index in [2.05, 4.69) is 15.5 Å². The Kier molecular flexibility index (Phi) is 6.61. The number of aliphatic carboxylic acids is 1. The van der Waals surface area contributed by atoms with E-state index in [0.717, 1.165) is 16.8 Å². The number of carboxylic acids is 1. The lowest BCUT2D eigenvalue weighted by atomic mass is 9.76. The third kappa shape index (κ3) is 4.47. The first-order valence-corrected chi connectivity index (χ1v) is 13.2. The first-order chi connectivity index (χ1) is 19.0. The summed E-state index contributed by atoms with van der Waals surface area (Å²) in [7, 11) is 1.56. The Bertz CT molecular complexity index is 1520. The Morgan fingerprint density at radius 2 is 1.95 bits per heavy atom. The van der Waals surface area contributed by atoms with Crippen LogP contribution in [0, 0.1) is 0 Å². The lowest BCUT2D eigenvalue weighted by molar-refractivity contribution is -0.173. The largest absolute Gasteiger partial charge is 0.479 e. The van der Waals surface area contributed by atoms with Gasteiger partial charge in [-0.3, -0.25) is 4.79 Å². The van der Waals surface area contributed by atoms with Crippen LogP contribution in [0.25, 0.3) is 22.5 Å². The normalized spacial score (nSPS) is 21.1. The predicted octanol–water partition coefficient (Wildman–Crippen LogP) is 3.72. The number of rotatable bonds is 8. The Labute approximate surface area is 224 Å². The molecule has 3 aromatic heterocycles. The number of ether oxygens (including phenoxy) is 2. The highest BCUT2D eigenvalue weighted by molar-refractivity contribution is 6.04. The minimum absolute atomic E-state index is 0.0218. The lowest BCUT2D eigenvalue weighted by Crippen LogP contribution is -2.45. The summed E-state index contributed by atoms with van der Waals surface area (Å²) in [6.07, 6.45) is 7.57. The number of hydrogen-bond donors (Lipinski definition) is 2. The van der Waals surface area contributed by atoms with Crippen molar-refractivity contribution < 1.29 is 24.2 Å². The van der Waals surface area contributed by atoms with Crippen molar-refractivity contribution in [3.05, 3.63) is 60.2 Å². The van der Waals surface area contributed by atoms with Crippen molar-refractivity contribution in [2.45, 2.75) is 43.6 Å². The molecule has 4 aromatic rings. The molecule has 1 aromatic carbocycles. The minimum atomic E-state index is -1.25. The molecule has 6 rings (SSSR count). The first-order valence-electron chi connectivity index (χ1n) is 13.2. The standard InChI is InChI=1S/C28H30N6O5/c1-38-13-14-39-28(27(36)37)10-7-18(8-11-28)24-23-22(35)9-12-29-26(23)34-25(32-24)21(16-31-34)19-15-30-33(17-19)20-5-3-2-4-6-20/h2-6,15-18,29H,7-14H2,1H3,(H,36,37)/t18-,28-. The van der Waals surface area contributed by atoms with E-state index in [1.54, 1.807) is 28.7 Å².